The molecule has 3 heterocycles. The molecule has 4 rings (SSSR count). The number of rotatable bonds is 6. The van der Waals surface area contributed by atoms with Gasteiger partial charge in [-0.15, -0.1) is 11.3 Å². The number of nitrogens with one attached hydrogen (secondary N) is 1. The van der Waals surface area contributed by atoms with Gasteiger partial charge in [-0.25, -0.2) is 9.97 Å². The summed E-state index contributed by atoms with van der Waals surface area (Å²) in [7, 11) is 1.67. The molecule has 0 radical (unpaired) electrons. The number of aromatic nitrogens is 2. The minimum Gasteiger partial charge on any atom is -0.381 e. The van der Waals surface area contributed by atoms with Crippen molar-refractivity contribution in [3.63, 3.8) is 0 Å². The zero-order valence-corrected chi connectivity index (χ0v) is 16.6. The van der Waals surface area contributed by atoms with Gasteiger partial charge in [0.15, 0.2) is 5.82 Å². The van der Waals surface area contributed by atoms with E-state index in [1.165, 1.54) is 17.5 Å². The predicted octanol–water partition coefficient (Wildman–Crippen LogP) is 4.73. The summed E-state index contributed by atoms with van der Waals surface area (Å²) >= 11 is 1.65. The summed E-state index contributed by atoms with van der Waals surface area (Å²) in [4.78, 5) is 10.5. The molecule has 5 nitrogen and oxygen atoms in total. The number of ether oxygens (including phenoxy) is 2. The van der Waals surface area contributed by atoms with E-state index in [0.29, 0.717) is 18.3 Å². The first-order valence-electron chi connectivity index (χ1n) is 9.43. The molecule has 1 aromatic carbocycles. The van der Waals surface area contributed by atoms with Crippen molar-refractivity contribution in [2.24, 2.45) is 5.92 Å². The van der Waals surface area contributed by atoms with Crippen molar-refractivity contribution in [1.82, 2.24) is 9.97 Å². The Balaban J connectivity index is 1.74. The highest BCUT2D eigenvalue weighted by Crippen LogP contribution is 2.37. The number of hydrogen-bond acceptors (Lipinski definition) is 6. The topological polar surface area (TPSA) is 56.3 Å². The second-order valence-corrected chi connectivity index (χ2v) is 7.89. The average molecular weight is 384 g/mol. The zero-order chi connectivity index (χ0) is 18.6. The van der Waals surface area contributed by atoms with E-state index in [2.05, 4.69) is 41.9 Å². The normalized spacial score (nSPS) is 18.5. The lowest BCUT2D eigenvalue weighted by atomic mass is 9.95. The third kappa shape index (κ3) is 3.98. The van der Waals surface area contributed by atoms with Crippen molar-refractivity contribution >= 4 is 27.4 Å². The number of hydrogen-bond donors (Lipinski definition) is 1. The van der Waals surface area contributed by atoms with Crippen molar-refractivity contribution in [3.8, 4) is 11.1 Å². The third-order valence-corrected chi connectivity index (χ3v) is 5.98. The smallest absolute Gasteiger partial charge is 0.158 e. The molecule has 0 unspecified atom stereocenters. The van der Waals surface area contributed by atoms with Crippen LogP contribution in [0.3, 0.4) is 0 Å². The lowest BCUT2D eigenvalue weighted by molar-refractivity contribution is 0.0496. The molecule has 142 valence electrons. The molecule has 3 aromatic rings. The summed E-state index contributed by atoms with van der Waals surface area (Å²) in [5.41, 5.74) is 2.36. The lowest BCUT2D eigenvalue weighted by Gasteiger charge is -2.29. The van der Waals surface area contributed by atoms with Crippen LogP contribution in [0.5, 0.6) is 0 Å². The molecule has 0 aliphatic carbocycles. The number of benzene rings is 1. The number of anilines is 1. The average Bonchev–Trinajstić information content (AvgIpc) is 3.14. The minimum atomic E-state index is 0.280. The maximum absolute atomic E-state index is 5.68. The molecule has 6 heteroatoms. The standard InChI is InChI=1S/C21H25N3O2S/c1-14(16-9-6-10-26-11-16)22-20-19-17(15-7-4-3-5-8-15)13-27-21(19)24-18(23-20)12-25-2/h3-5,7-8,13-14,16H,6,9-12H2,1-2H3,(H,22,23,24)/t14-,16-/m1/s1. The van der Waals surface area contributed by atoms with Crippen molar-refractivity contribution in [1.29, 1.82) is 0 Å². The molecular weight excluding hydrogens is 358 g/mol. The first-order valence-corrected chi connectivity index (χ1v) is 10.3. The fourth-order valence-corrected chi connectivity index (χ4v) is 4.57. The van der Waals surface area contributed by atoms with Crippen LogP contribution in [0.1, 0.15) is 25.6 Å². The Bertz CT molecular complexity index is 891. The van der Waals surface area contributed by atoms with Crippen molar-refractivity contribution in [2.45, 2.75) is 32.4 Å². The maximum Gasteiger partial charge on any atom is 0.158 e. The van der Waals surface area contributed by atoms with Gasteiger partial charge < -0.3 is 14.8 Å². The minimum absolute atomic E-state index is 0.280. The van der Waals surface area contributed by atoms with Gasteiger partial charge in [-0.3, -0.25) is 0 Å². The molecule has 0 saturated carbocycles. The van der Waals surface area contributed by atoms with Crippen LogP contribution in [0, 0.1) is 5.92 Å². The lowest BCUT2D eigenvalue weighted by Crippen LogP contribution is -2.33. The summed E-state index contributed by atoms with van der Waals surface area (Å²) in [6.45, 7) is 4.31. The molecule has 0 amide bonds. The zero-order valence-electron chi connectivity index (χ0n) is 15.8. The van der Waals surface area contributed by atoms with Crippen molar-refractivity contribution < 1.29 is 9.47 Å². The molecule has 1 N–H and O–H groups in total. The van der Waals surface area contributed by atoms with E-state index in [9.17, 15) is 0 Å². The van der Waals surface area contributed by atoms with Crippen LogP contribution in [-0.4, -0.2) is 36.3 Å². The van der Waals surface area contributed by atoms with Gasteiger partial charge in [0.25, 0.3) is 0 Å². The van der Waals surface area contributed by atoms with Crippen LogP contribution in [-0.2, 0) is 16.1 Å². The van der Waals surface area contributed by atoms with Gasteiger partial charge in [0.05, 0.1) is 12.0 Å². The highest BCUT2D eigenvalue weighted by atomic mass is 32.1. The quantitative estimate of drug-likeness (QED) is 0.667. The van der Waals surface area contributed by atoms with Gasteiger partial charge in [-0.1, -0.05) is 30.3 Å². The van der Waals surface area contributed by atoms with Gasteiger partial charge >= 0.3 is 0 Å². The van der Waals surface area contributed by atoms with Crippen LogP contribution < -0.4 is 5.32 Å². The fourth-order valence-electron chi connectivity index (χ4n) is 3.61. The van der Waals surface area contributed by atoms with E-state index in [-0.39, 0.29) is 6.04 Å². The van der Waals surface area contributed by atoms with E-state index in [1.807, 2.05) is 6.07 Å². The van der Waals surface area contributed by atoms with Crippen LogP contribution in [0.2, 0.25) is 0 Å². The molecule has 1 saturated heterocycles. The second kappa shape index (κ2) is 8.33. The summed E-state index contributed by atoms with van der Waals surface area (Å²) in [6.07, 6.45) is 2.31. The molecule has 27 heavy (non-hydrogen) atoms. The van der Waals surface area contributed by atoms with Crippen LogP contribution in [0.4, 0.5) is 5.82 Å². The van der Waals surface area contributed by atoms with Crippen molar-refractivity contribution in [2.75, 3.05) is 25.6 Å². The van der Waals surface area contributed by atoms with Crippen LogP contribution in [0.15, 0.2) is 35.7 Å². The monoisotopic (exact) mass is 383 g/mol. The Kier molecular flexibility index (Phi) is 5.66. The van der Waals surface area contributed by atoms with Gasteiger partial charge in [0, 0.05) is 36.6 Å². The molecule has 1 aliphatic heterocycles. The number of nitrogens with zero attached hydrogens (tertiary/aromatic N) is 2. The molecule has 1 aliphatic rings. The summed E-state index contributed by atoms with van der Waals surface area (Å²) < 4.78 is 11.0. The van der Waals surface area contributed by atoms with E-state index < -0.39 is 0 Å². The molecule has 1 fully saturated rings. The Labute approximate surface area is 163 Å². The maximum atomic E-state index is 5.68. The Morgan fingerprint density at radius 1 is 1.30 bits per heavy atom. The highest BCUT2D eigenvalue weighted by Gasteiger charge is 2.23. The Morgan fingerprint density at radius 2 is 2.15 bits per heavy atom. The van der Waals surface area contributed by atoms with E-state index in [0.717, 1.165) is 35.7 Å². The Morgan fingerprint density at radius 3 is 2.89 bits per heavy atom. The largest absolute Gasteiger partial charge is 0.381 e. The summed E-state index contributed by atoms with van der Waals surface area (Å²) in [5, 5.41) is 6.93. The predicted molar refractivity (Wildman–Crippen MR) is 110 cm³/mol. The SMILES string of the molecule is COCc1nc(N[C@H](C)[C@@H]2CCCOC2)c2c(-c3ccccc3)csc2n1. The number of thiophene rings is 1. The van der Waals surface area contributed by atoms with E-state index >= 15 is 0 Å². The van der Waals surface area contributed by atoms with E-state index in [1.54, 1.807) is 18.4 Å². The van der Waals surface area contributed by atoms with Crippen LogP contribution >= 0.6 is 11.3 Å². The molecule has 0 bridgehead atoms. The second-order valence-electron chi connectivity index (χ2n) is 7.03. The summed E-state index contributed by atoms with van der Waals surface area (Å²) in [6, 6.07) is 10.7. The Hall–Kier alpha value is -2.02. The van der Waals surface area contributed by atoms with Gasteiger partial charge in [0.1, 0.15) is 17.3 Å². The third-order valence-electron chi connectivity index (χ3n) is 5.11. The van der Waals surface area contributed by atoms with Gasteiger partial charge in [0.2, 0.25) is 0 Å². The molecule has 0 spiro atoms. The fraction of sp³-hybridized carbons (Fsp3) is 0.429. The molecule has 2 aromatic heterocycles. The van der Waals surface area contributed by atoms with Gasteiger partial charge in [-0.2, -0.15) is 0 Å². The van der Waals surface area contributed by atoms with Crippen LogP contribution in [0.25, 0.3) is 21.3 Å². The number of methoxy groups -OCH3 is 1. The summed E-state index contributed by atoms with van der Waals surface area (Å²) in [5.74, 6) is 2.10. The first-order chi connectivity index (χ1) is 13.3. The van der Waals surface area contributed by atoms with Gasteiger partial charge in [-0.05, 0) is 25.3 Å². The highest BCUT2D eigenvalue weighted by molar-refractivity contribution is 7.17. The molecule has 2 atom stereocenters. The first kappa shape index (κ1) is 18.3. The number of fused-ring (bicyclic) bond motifs is 1. The van der Waals surface area contributed by atoms with E-state index in [4.69, 9.17) is 19.4 Å². The molecular formula is C21H25N3O2S. The van der Waals surface area contributed by atoms with Crippen molar-refractivity contribution in [3.05, 3.63) is 41.5 Å².